The minimum absolute atomic E-state index is 0.137. The average Bonchev–Trinajstić information content (AvgIpc) is 3.13. The first-order chi connectivity index (χ1) is 13.6. The first-order valence-electron chi connectivity index (χ1n) is 8.64. The molecular formula is C17H22F3N5O2S2. The Morgan fingerprint density at radius 2 is 1.79 bits per heavy atom. The maximum Gasteiger partial charge on any atom is 0.434 e. The summed E-state index contributed by atoms with van der Waals surface area (Å²) in [6.45, 7) is 2.62. The molecule has 1 aromatic carbocycles. The van der Waals surface area contributed by atoms with E-state index in [-0.39, 0.29) is 18.0 Å². The normalized spacial score (nSPS) is 12.8. The fourth-order valence-corrected chi connectivity index (χ4v) is 4.07. The molecule has 0 bridgehead atoms. The molecule has 0 saturated heterocycles. The highest BCUT2D eigenvalue weighted by Gasteiger charge is 2.33. The van der Waals surface area contributed by atoms with Gasteiger partial charge in [-0.3, -0.25) is 4.99 Å². The van der Waals surface area contributed by atoms with Crippen LogP contribution in [0.4, 0.5) is 13.2 Å². The number of rotatable bonds is 8. The molecule has 0 amide bonds. The molecule has 160 valence electrons. The minimum Gasteiger partial charge on any atom is -0.356 e. The molecule has 0 atom stereocenters. The molecule has 3 N–H and O–H groups in total. The van der Waals surface area contributed by atoms with E-state index < -0.39 is 21.9 Å². The summed E-state index contributed by atoms with van der Waals surface area (Å²) in [5.74, 6) is 0.409. The van der Waals surface area contributed by atoms with Crippen LogP contribution in [0.25, 0.3) is 0 Å². The minimum atomic E-state index is -4.44. The van der Waals surface area contributed by atoms with Crippen LogP contribution in [0.1, 0.15) is 16.3 Å². The third-order valence-corrected chi connectivity index (χ3v) is 6.12. The second-order valence-electron chi connectivity index (χ2n) is 6.01. The Labute approximate surface area is 171 Å². The SMILES string of the molecule is CN=C(NCCNS(=O)(=O)c1ccc(C)cc1)NCCc1nc(C(F)(F)F)cs1. The third kappa shape index (κ3) is 7.29. The number of guanidine groups is 1. The van der Waals surface area contributed by atoms with Gasteiger partial charge in [-0.2, -0.15) is 13.2 Å². The van der Waals surface area contributed by atoms with E-state index in [0.29, 0.717) is 23.9 Å². The predicted molar refractivity (Wildman–Crippen MR) is 107 cm³/mol. The molecular weight excluding hydrogens is 427 g/mol. The molecule has 0 aliphatic rings. The van der Waals surface area contributed by atoms with Gasteiger partial charge in [-0.05, 0) is 19.1 Å². The highest BCUT2D eigenvalue weighted by atomic mass is 32.2. The zero-order chi connectivity index (χ0) is 21.5. The van der Waals surface area contributed by atoms with Crippen molar-refractivity contribution in [1.29, 1.82) is 0 Å². The molecule has 0 radical (unpaired) electrons. The van der Waals surface area contributed by atoms with Crippen molar-refractivity contribution in [1.82, 2.24) is 20.3 Å². The van der Waals surface area contributed by atoms with Crippen molar-refractivity contribution < 1.29 is 21.6 Å². The summed E-state index contributed by atoms with van der Waals surface area (Å²) in [6.07, 6.45) is -4.13. The molecule has 12 heteroatoms. The number of alkyl halides is 3. The van der Waals surface area contributed by atoms with Crippen molar-refractivity contribution in [3.05, 3.63) is 45.9 Å². The van der Waals surface area contributed by atoms with Crippen LogP contribution < -0.4 is 15.4 Å². The number of aromatic nitrogens is 1. The summed E-state index contributed by atoms with van der Waals surface area (Å²) < 4.78 is 64.5. The molecule has 0 spiro atoms. The Bertz CT molecular complexity index is 925. The fraction of sp³-hybridized carbons (Fsp3) is 0.412. The summed E-state index contributed by atoms with van der Waals surface area (Å²) in [6, 6.07) is 6.51. The molecule has 0 aliphatic carbocycles. The van der Waals surface area contributed by atoms with Crippen molar-refractivity contribution >= 4 is 27.3 Å². The van der Waals surface area contributed by atoms with Crippen molar-refractivity contribution in [3.8, 4) is 0 Å². The molecule has 1 aromatic heterocycles. The van der Waals surface area contributed by atoms with Crippen LogP contribution in [-0.4, -0.2) is 46.0 Å². The first-order valence-corrected chi connectivity index (χ1v) is 11.0. The summed E-state index contributed by atoms with van der Waals surface area (Å²) >= 11 is 0.951. The van der Waals surface area contributed by atoms with Crippen LogP contribution in [0.2, 0.25) is 0 Å². The van der Waals surface area contributed by atoms with Gasteiger partial charge in [0.1, 0.15) is 0 Å². The zero-order valence-corrected chi connectivity index (χ0v) is 17.5. The van der Waals surface area contributed by atoms with E-state index in [9.17, 15) is 21.6 Å². The quantitative estimate of drug-likeness (QED) is 0.326. The van der Waals surface area contributed by atoms with Gasteiger partial charge in [-0.1, -0.05) is 17.7 Å². The van der Waals surface area contributed by atoms with Crippen LogP contribution in [0.3, 0.4) is 0 Å². The third-order valence-electron chi connectivity index (χ3n) is 3.74. The Kier molecular flexibility index (Phi) is 7.99. The molecule has 7 nitrogen and oxygen atoms in total. The summed E-state index contributed by atoms with van der Waals surface area (Å²) in [5, 5.41) is 7.24. The highest BCUT2D eigenvalue weighted by molar-refractivity contribution is 7.89. The number of nitrogens with zero attached hydrogens (tertiary/aromatic N) is 2. The Balaban J connectivity index is 1.72. The molecule has 29 heavy (non-hydrogen) atoms. The maximum atomic E-state index is 12.5. The summed E-state index contributed by atoms with van der Waals surface area (Å²) in [4.78, 5) is 7.73. The zero-order valence-electron chi connectivity index (χ0n) is 15.9. The molecule has 2 aromatic rings. The van der Waals surface area contributed by atoms with Gasteiger partial charge in [0, 0.05) is 38.5 Å². The van der Waals surface area contributed by atoms with Gasteiger partial charge in [0.05, 0.1) is 9.90 Å². The maximum absolute atomic E-state index is 12.5. The topological polar surface area (TPSA) is 95.5 Å². The van der Waals surface area contributed by atoms with E-state index in [1.165, 1.54) is 19.2 Å². The molecule has 2 rings (SSSR count). The van der Waals surface area contributed by atoms with Crippen LogP contribution in [0.5, 0.6) is 0 Å². The van der Waals surface area contributed by atoms with Crippen LogP contribution in [0, 0.1) is 6.92 Å². The largest absolute Gasteiger partial charge is 0.434 e. The Morgan fingerprint density at radius 1 is 1.14 bits per heavy atom. The van der Waals surface area contributed by atoms with Crippen molar-refractivity contribution in [2.75, 3.05) is 26.7 Å². The first kappa shape index (κ1) is 23.1. The van der Waals surface area contributed by atoms with E-state index in [4.69, 9.17) is 0 Å². The van der Waals surface area contributed by atoms with E-state index in [0.717, 1.165) is 22.3 Å². The Hall–Kier alpha value is -2.18. The van der Waals surface area contributed by atoms with Crippen molar-refractivity contribution in [2.45, 2.75) is 24.4 Å². The number of halogens is 3. The number of hydrogen-bond donors (Lipinski definition) is 3. The van der Waals surface area contributed by atoms with Crippen LogP contribution in [-0.2, 0) is 22.6 Å². The second kappa shape index (κ2) is 10.0. The number of thiazole rings is 1. The lowest BCUT2D eigenvalue weighted by Crippen LogP contribution is -2.42. The van der Waals surface area contributed by atoms with Gasteiger partial charge in [0.15, 0.2) is 11.7 Å². The lowest BCUT2D eigenvalue weighted by atomic mass is 10.2. The van der Waals surface area contributed by atoms with Gasteiger partial charge in [0.25, 0.3) is 0 Å². The number of sulfonamides is 1. The van der Waals surface area contributed by atoms with E-state index >= 15 is 0 Å². The number of benzene rings is 1. The summed E-state index contributed by atoms with van der Waals surface area (Å²) in [7, 11) is -2.05. The smallest absolute Gasteiger partial charge is 0.356 e. The Morgan fingerprint density at radius 3 is 2.38 bits per heavy atom. The monoisotopic (exact) mass is 449 g/mol. The predicted octanol–water partition coefficient (Wildman–Crippen LogP) is 2.16. The number of aliphatic imine (C=N–C) groups is 1. The highest BCUT2D eigenvalue weighted by Crippen LogP contribution is 2.29. The molecule has 0 fully saturated rings. The fourth-order valence-electron chi connectivity index (χ4n) is 2.23. The lowest BCUT2D eigenvalue weighted by molar-refractivity contribution is -0.140. The molecule has 0 saturated carbocycles. The van der Waals surface area contributed by atoms with Gasteiger partial charge < -0.3 is 10.6 Å². The summed E-state index contributed by atoms with van der Waals surface area (Å²) in [5.41, 5.74) is 0.0775. The van der Waals surface area contributed by atoms with Gasteiger partial charge >= 0.3 is 6.18 Å². The molecule has 0 aliphatic heterocycles. The molecule has 1 heterocycles. The van der Waals surface area contributed by atoms with Crippen LogP contribution >= 0.6 is 11.3 Å². The van der Waals surface area contributed by atoms with E-state index in [2.05, 4.69) is 25.3 Å². The van der Waals surface area contributed by atoms with E-state index in [1.54, 1.807) is 12.1 Å². The van der Waals surface area contributed by atoms with Crippen molar-refractivity contribution in [2.24, 2.45) is 4.99 Å². The standard InChI is InChI=1S/C17H22F3N5O2S2/c1-12-3-5-13(6-4-12)29(26,27)24-10-9-23-16(21-2)22-8-7-15-25-14(11-28-15)17(18,19)20/h3-6,11,24H,7-10H2,1-2H3,(H2,21,22,23). The van der Waals surface area contributed by atoms with Gasteiger partial charge in [0.2, 0.25) is 10.0 Å². The lowest BCUT2D eigenvalue weighted by Gasteiger charge is -2.12. The van der Waals surface area contributed by atoms with Crippen molar-refractivity contribution in [3.63, 3.8) is 0 Å². The van der Waals surface area contributed by atoms with Gasteiger partial charge in [-0.15, -0.1) is 11.3 Å². The van der Waals surface area contributed by atoms with Gasteiger partial charge in [-0.25, -0.2) is 18.1 Å². The number of hydrogen-bond acceptors (Lipinski definition) is 5. The second-order valence-corrected chi connectivity index (χ2v) is 8.72. The number of nitrogens with one attached hydrogen (secondary N) is 3. The molecule has 0 unspecified atom stereocenters. The average molecular weight is 450 g/mol. The van der Waals surface area contributed by atoms with Crippen LogP contribution in [0.15, 0.2) is 39.5 Å². The van der Waals surface area contributed by atoms with E-state index in [1.807, 2.05) is 6.92 Å². The number of aryl methyl sites for hydroxylation is 1.